The number of amides is 1. The number of aromatic nitrogens is 1. The Labute approximate surface area is 172 Å². The maximum atomic E-state index is 12.6. The van der Waals surface area contributed by atoms with Gasteiger partial charge in [-0.3, -0.25) is 4.79 Å². The predicted octanol–water partition coefficient (Wildman–Crippen LogP) is 2.42. The van der Waals surface area contributed by atoms with Crippen LogP contribution in [0.15, 0.2) is 29.3 Å². The van der Waals surface area contributed by atoms with Crippen molar-refractivity contribution in [2.24, 2.45) is 10.7 Å². The second-order valence-electron chi connectivity index (χ2n) is 6.58. The lowest BCUT2D eigenvalue weighted by atomic mass is 10.0. The molecule has 0 saturated carbocycles. The number of nitrogens with one attached hydrogen (secondary N) is 1. The Kier molecular flexibility index (Phi) is 5.39. The van der Waals surface area contributed by atoms with Crippen LogP contribution >= 0.6 is 22.9 Å². The fraction of sp³-hybridized carbons (Fsp3) is 0.353. The zero-order valence-corrected chi connectivity index (χ0v) is 18.0. The highest BCUT2D eigenvalue weighted by Crippen LogP contribution is 2.41. The number of thiophene rings is 1. The van der Waals surface area contributed by atoms with Gasteiger partial charge in [0.1, 0.15) is 11.4 Å². The number of carbonyl (C=O) groups excluding carboxylic acids is 1. The Balaban J connectivity index is 1.92. The number of hydrogen-bond acceptors (Lipinski definition) is 7. The predicted molar refractivity (Wildman–Crippen MR) is 111 cm³/mol. The summed E-state index contributed by atoms with van der Waals surface area (Å²) in [4.78, 5) is 22.1. The first-order chi connectivity index (χ1) is 13.1. The summed E-state index contributed by atoms with van der Waals surface area (Å²) in [5.74, 6) is -0.357. The van der Waals surface area contributed by atoms with Gasteiger partial charge in [0.25, 0.3) is 5.91 Å². The van der Waals surface area contributed by atoms with Gasteiger partial charge in [0.15, 0.2) is 0 Å². The van der Waals surface area contributed by atoms with Crippen LogP contribution in [-0.2, 0) is 22.0 Å². The van der Waals surface area contributed by atoms with Crippen molar-refractivity contribution in [3.05, 3.63) is 44.7 Å². The number of nitrogens with two attached hydrogens (primary N) is 1. The van der Waals surface area contributed by atoms with Crippen molar-refractivity contribution in [1.82, 2.24) is 9.29 Å². The first-order valence-electron chi connectivity index (χ1n) is 8.45. The average molecular weight is 442 g/mol. The van der Waals surface area contributed by atoms with E-state index in [2.05, 4.69) is 15.3 Å². The fourth-order valence-corrected chi connectivity index (χ4v) is 5.90. The molecule has 2 aromatic heterocycles. The van der Waals surface area contributed by atoms with E-state index in [1.165, 1.54) is 13.1 Å². The third-order valence-corrected chi connectivity index (χ3v) is 8.12. The summed E-state index contributed by atoms with van der Waals surface area (Å²) in [6.07, 6.45) is 0.749. The fourth-order valence-electron chi connectivity index (χ4n) is 2.84. The molecule has 3 rings (SSSR count). The zero-order chi connectivity index (χ0) is 20.7. The second kappa shape index (κ2) is 7.34. The number of nitrogens with zero attached hydrogens (tertiary/aromatic N) is 3. The molecule has 3 heterocycles. The summed E-state index contributed by atoms with van der Waals surface area (Å²) in [7, 11) is -2.29. The Morgan fingerprint density at radius 3 is 2.82 bits per heavy atom. The highest BCUT2D eigenvalue weighted by Gasteiger charge is 2.42. The van der Waals surface area contributed by atoms with Crippen molar-refractivity contribution in [2.75, 3.05) is 18.1 Å². The van der Waals surface area contributed by atoms with Gasteiger partial charge in [-0.05, 0) is 31.5 Å². The molecular weight excluding hydrogens is 422 g/mol. The highest BCUT2D eigenvalue weighted by molar-refractivity contribution is 7.89. The van der Waals surface area contributed by atoms with Crippen LogP contribution in [0.1, 0.15) is 34.1 Å². The number of sulfonamides is 1. The van der Waals surface area contributed by atoms with Crippen LogP contribution in [0.3, 0.4) is 0 Å². The van der Waals surface area contributed by atoms with E-state index in [4.69, 9.17) is 17.3 Å². The Morgan fingerprint density at radius 1 is 1.46 bits per heavy atom. The van der Waals surface area contributed by atoms with E-state index in [9.17, 15) is 13.2 Å². The van der Waals surface area contributed by atoms with Crippen LogP contribution in [-0.4, -0.2) is 42.4 Å². The third-order valence-electron chi connectivity index (χ3n) is 4.37. The van der Waals surface area contributed by atoms with Crippen molar-refractivity contribution in [3.8, 4) is 0 Å². The maximum Gasteiger partial charge on any atom is 0.266 e. The quantitative estimate of drug-likeness (QED) is 0.755. The minimum absolute atomic E-state index is 0.121. The molecule has 3 N–H and O–H groups in total. The standard InChI is InChI=1S/C17H20ClN5O3S2/c1-4-10-6-5-7-13(20-10)21-15(24)12-8-11(18)14(27-12)17(2)9-28(25,26)23(3)16(19)22-17/h5-8H,4,9H2,1-3H3,(H2,19,22)(H,20,21,24)/t17-/m0/s1. The molecule has 0 radical (unpaired) electrons. The third kappa shape index (κ3) is 3.85. The summed E-state index contributed by atoms with van der Waals surface area (Å²) in [6.45, 7) is 3.61. The average Bonchev–Trinajstić information content (AvgIpc) is 3.02. The molecule has 0 bridgehead atoms. The van der Waals surface area contributed by atoms with E-state index in [1.807, 2.05) is 19.1 Å². The lowest BCUT2D eigenvalue weighted by Gasteiger charge is -2.33. The summed E-state index contributed by atoms with van der Waals surface area (Å²) < 4.78 is 25.7. The molecule has 1 amide bonds. The monoisotopic (exact) mass is 441 g/mol. The molecule has 11 heteroatoms. The molecule has 0 saturated heterocycles. The van der Waals surface area contributed by atoms with Crippen molar-refractivity contribution >= 4 is 50.6 Å². The van der Waals surface area contributed by atoms with Crippen molar-refractivity contribution in [2.45, 2.75) is 25.8 Å². The molecule has 2 aromatic rings. The van der Waals surface area contributed by atoms with E-state index < -0.39 is 15.6 Å². The number of aryl methyl sites for hydroxylation is 1. The molecule has 1 aliphatic rings. The number of rotatable bonds is 4. The van der Waals surface area contributed by atoms with Crippen LogP contribution in [0, 0.1) is 0 Å². The molecule has 0 spiro atoms. The van der Waals surface area contributed by atoms with Crippen LogP contribution in [0.2, 0.25) is 5.02 Å². The van der Waals surface area contributed by atoms with Gasteiger partial charge < -0.3 is 11.1 Å². The number of hydrogen-bond donors (Lipinski definition) is 2. The molecule has 8 nitrogen and oxygen atoms in total. The molecule has 1 aliphatic heterocycles. The lowest BCUT2D eigenvalue weighted by molar-refractivity contribution is 0.103. The van der Waals surface area contributed by atoms with Crippen LogP contribution < -0.4 is 11.1 Å². The smallest absolute Gasteiger partial charge is 0.266 e. The largest absolute Gasteiger partial charge is 0.369 e. The van der Waals surface area contributed by atoms with Gasteiger partial charge in [-0.1, -0.05) is 24.6 Å². The molecule has 0 fully saturated rings. The van der Waals surface area contributed by atoms with E-state index in [1.54, 1.807) is 13.0 Å². The van der Waals surface area contributed by atoms with E-state index in [0.717, 1.165) is 27.8 Å². The molecule has 1 atom stereocenters. The SMILES string of the molecule is CCc1cccc(NC(=O)c2cc(Cl)c([C@]3(C)CS(=O)(=O)N(C)C(N)=N3)s2)n1. The molecular formula is C17H20ClN5O3S2. The summed E-state index contributed by atoms with van der Waals surface area (Å²) in [5.41, 5.74) is 5.47. The molecule has 0 aliphatic carbocycles. The molecule has 28 heavy (non-hydrogen) atoms. The summed E-state index contributed by atoms with van der Waals surface area (Å²) >= 11 is 7.42. The summed E-state index contributed by atoms with van der Waals surface area (Å²) in [5, 5.41) is 3.00. The zero-order valence-electron chi connectivity index (χ0n) is 15.6. The minimum Gasteiger partial charge on any atom is -0.369 e. The Morgan fingerprint density at radius 2 is 2.18 bits per heavy atom. The lowest BCUT2D eigenvalue weighted by Crippen LogP contribution is -2.50. The van der Waals surface area contributed by atoms with Gasteiger partial charge in [-0.15, -0.1) is 11.3 Å². The summed E-state index contributed by atoms with van der Waals surface area (Å²) in [6, 6.07) is 6.89. The Bertz CT molecular complexity index is 1070. The number of aliphatic imine (C=N–C) groups is 1. The normalized spacial score (nSPS) is 21.3. The minimum atomic E-state index is -3.64. The number of pyridine rings is 1. The number of guanidine groups is 1. The highest BCUT2D eigenvalue weighted by atomic mass is 35.5. The second-order valence-corrected chi connectivity index (χ2v) is 10.0. The topological polar surface area (TPSA) is 118 Å². The van der Waals surface area contributed by atoms with Crippen LogP contribution in [0.25, 0.3) is 0 Å². The van der Waals surface area contributed by atoms with Gasteiger partial charge in [0, 0.05) is 12.7 Å². The van der Waals surface area contributed by atoms with Crippen LogP contribution in [0.4, 0.5) is 5.82 Å². The van der Waals surface area contributed by atoms with E-state index in [0.29, 0.717) is 15.6 Å². The number of halogens is 1. The van der Waals surface area contributed by atoms with Gasteiger partial charge in [-0.2, -0.15) is 0 Å². The van der Waals surface area contributed by atoms with Crippen molar-refractivity contribution < 1.29 is 13.2 Å². The van der Waals surface area contributed by atoms with Gasteiger partial charge in [0.05, 0.1) is 20.5 Å². The number of carbonyl (C=O) groups is 1. The van der Waals surface area contributed by atoms with Crippen LogP contribution in [0.5, 0.6) is 0 Å². The molecule has 150 valence electrons. The van der Waals surface area contributed by atoms with E-state index >= 15 is 0 Å². The van der Waals surface area contributed by atoms with Gasteiger partial charge in [-0.25, -0.2) is 22.7 Å². The maximum absolute atomic E-state index is 12.6. The Hall–Kier alpha value is -2.17. The molecule has 0 aromatic carbocycles. The van der Waals surface area contributed by atoms with Crippen molar-refractivity contribution in [3.63, 3.8) is 0 Å². The van der Waals surface area contributed by atoms with Crippen molar-refractivity contribution in [1.29, 1.82) is 0 Å². The molecule has 0 unspecified atom stereocenters. The first kappa shape index (κ1) is 20.6. The van der Waals surface area contributed by atoms with Gasteiger partial charge in [0.2, 0.25) is 16.0 Å². The number of anilines is 1. The first-order valence-corrected chi connectivity index (χ1v) is 11.2. The van der Waals surface area contributed by atoms with Gasteiger partial charge >= 0.3 is 0 Å². The van der Waals surface area contributed by atoms with E-state index in [-0.39, 0.29) is 22.6 Å².